The van der Waals surface area contributed by atoms with Gasteiger partial charge in [-0.05, 0) is 31.0 Å². The lowest BCUT2D eigenvalue weighted by Gasteiger charge is -2.11. The van der Waals surface area contributed by atoms with Crippen LogP contribution in [-0.2, 0) is 6.54 Å². The van der Waals surface area contributed by atoms with Crippen LogP contribution in [0, 0.1) is 6.92 Å². The Morgan fingerprint density at radius 2 is 1.85 bits per heavy atom. The highest BCUT2D eigenvalue weighted by Gasteiger charge is 2.10. The van der Waals surface area contributed by atoms with E-state index in [1.165, 1.54) is 0 Å². The molecule has 7 heteroatoms. The lowest BCUT2D eigenvalue weighted by atomic mass is 10.2. The van der Waals surface area contributed by atoms with E-state index in [-0.39, 0.29) is 5.91 Å². The molecule has 0 unspecified atom stereocenters. The summed E-state index contributed by atoms with van der Waals surface area (Å²) >= 11 is 0. The van der Waals surface area contributed by atoms with Crippen molar-refractivity contribution in [2.75, 3.05) is 26.1 Å². The number of unbranched alkanes of at least 4 members (excludes halogenated alkanes) is 2. The summed E-state index contributed by atoms with van der Waals surface area (Å²) in [6, 6.07) is 7.38. The van der Waals surface area contributed by atoms with E-state index in [9.17, 15) is 4.79 Å². The Hall–Kier alpha value is -2.83. The molecule has 0 aliphatic rings. The van der Waals surface area contributed by atoms with Gasteiger partial charge in [-0.2, -0.15) is 0 Å². The van der Waals surface area contributed by atoms with Gasteiger partial charge in [-0.1, -0.05) is 25.8 Å². The van der Waals surface area contributed by atoms with Crippen LogP contribution in [0.2, 0.25) is 0 Å². The van der Waals surface area contributed by atoms with Crippen molar-refractivity contribution in [3.05, 3.63) is 41.3 Å². The number of hydrogen-bond donors (Lipinski definition) is 2. The number of amides is 1. The molecule has 1 aromatic carbocycles. The van der Waals surface area contributed by atoms with Gasteiger partial charge in [0.1, 0.15) is 17.3 Å². The van der Waals surface area contributed by atoms with Crippen molar-refractivity contribution in [3.63, 3.8) is 0 Å². The standard InChI is InChI=1S/C20H28N4O3/c1-5-6-7-10-21-20(25)16-12-19(24-14(2)23-16)22-13-15-8-9-17(26-3)18(11-15)27-4/h8-9,11-12H,5-7,10,13H2,1-4H3,(H,21,25)(H,22,23,24). The van der Waals surface area contributed by atoms with E-state index in [1.54, 1.807) is 27.2 Å². The van der Waals surface area contributed by atoms with Gasteiger partial charge in [0.05, 0.1) is 14.2 Å². The number of anilines is 1. The van der Waals surface area contributed by atoms with Crippen molar-refractivity contribution in [1.82, 2.24) is 15.3 Å². The summed E-state index contributed by atoms with van der Waals surface area (Å²) in [5.74, 6) is 2.33. The molecule has 1 heterocycles. The van der Waals surface area contributed by atoms with E-state index in [2.05, 4.69) is 27.5 Å². The first-order chi connectivity index (χ1) is 13.1. The van der Waals surface area contributed by atoms with Crippen molar-refractivity contribution in [1.29, 1.82) is 0 Å². The maximum Gasteiger partial charge on any atom is 0.270 e. The highest BCUT2D eigenvalue weighted by molar-refractivity contribution is 5.92. The fourth-order valence-corrected chi connectivity index (χ4v) is 2.63. The molecule has 146 valence electrons. The topological polar surface area (TPSA) is 85.4 Å². The zero-order valence-corrected chi connectivity index (χ0v) is 16.5. The molecule has 0 saturated carbocycles. The second kappa shape index (κ2) is 10.4. The number of aryl methyl sites for hydroxylation is 1. The number of methoxy groups -OCH3 is 2. The van der Waals surface area contributed by atoms with E-state index in [1.807, 2.05) is 18.2 Å². The van der Waals surface area contributed by atoms with Crippen molar-refractivity contribution in [2.45, 2.75) is 39.7 Å². The molecular formula is C20H28N4O3. The highest BCUT2D eigenvalue weighted by atomic mass is 16.5. The zero-order valence-electron chi connectivity index (χ0n) is 16.5. The van der Waals surface area contributed by atoms with Gasteiger partial charge in [0, 0.05) is 19.2 Å². The summed E-state index contributed by atoms with van der Waals surface area (Å²) in [6.45, 7) is 5.10. The second-order valence-electron chi connectivity index (χ2n) is 6.19. The van der Waals surface area contributed by atoms with E-state index in [0.29, 0.717) is 41.9 Å². The first-order valence-electron chi connectivity index (χ1n) is 9.16. The summed E-state index contributed by atoms with van der Waals surface area (Å²) in [4.78, 5) is 20.9. The van der Waals surface area contributed by atoms with Gasteiger partial charge in [0.25, 0.3) is 5.91 Å². The minimum atomic E-state index is -0.175. The Kier molecular flexibility index (Phi) is 7.85. The van der Waals surface area contributed by atoms with Gasteiger partial charge in [-0.25, -0.2) is 9.97 Å². The third-order valence-corrected chi connectivity index (χ3v) is 4.06. The Balaban J connectivity index is 2.02. The van der Waals surface area contributed by atoms with Crippen molar-refractivity contribution in [2.24, 2.45) is 0 Å². The normalized spacial score (nSPS) is 10.4. The Labute approximate surface area is 160 Å². The number of aromatic nitrogens is 2. The molecular weight excluding hydrogens is 344 g/mol. The Morgan fingerprint density at radius 3 is 2.56 bits per heavy atom. The number of ether oxygens (including phenoxy) is 2. The van der Waals surface area contributed by atoms with Crippen LogP contribution in [0.3, 0.4) is 0 Å². The van der Waals surface area contributed by atoms with Crippen molar-refractivity contribution >= 4 is 11.7 Å². The van der Waals surface area contributed by atoms with Crippen LogP contribution in [-0.4, -0.2) is 36.6 Å². The lowest BCUT2D eigenvalue weighted by molar-refractivity contribution is 0.0947. The summed E-state index contributed by atoms with van der Waals surface area (Å²) < 4.78 is 10.6. The molecule has 1 amide bonds. The predicted octanol–water partition coefficient (Wildman–Crippen LogP) is 3.33. The van der Waals surface area contributed by atoms with Crippen LogP contribution in [0.25, 0.3) is 0 Å². The zero-order chi connectivity index (χ0) is 19.6. The van der Waals surface area contributed by atoms with E-state index >= 15 is 0 Å². The molecule has 2 N–H and O–H groups in total. The summed E-state index contributed by atoms with van der Waals surface area (Å²) in [7, 11) is 3.21. The van der Waals surface area contributed by atoms with Gasteiger partial charge in [-0.3, -0.25) is 4.79 Å². The quantitative estimate of drug-likeness (QED) is 0.622. The molecule has 0 bridgehead atoms. The number of benzene rings is 1. The third kappa shape index (κ3) is 6.13. The molecule has 0 aliphatic carbocycles. The molecule has 0 radical (unpaired) electrons. The van der Waals surface area contributed by atoms with Gasteiger partial charge in [-0.15, -0.1) is 0 Å². The monoisotopic (exact) mass is 372 g/mol. The molecule has 2 aromatic rings. The number of nitrogens with zero attached hydrogens (tertiary/aromatic N) is 2. The molecule has 0 atom stereocenters. The van der Waals surface area contributed by atoms with Crippen LogP contribution in [0.5, 0.6) is 11.5 Å². The van der Waals surface area contributed by atoms with Crippen LogP contribution in [0.15, 0.2) is 24.3 Å². The SMILES string of the molecule is CCCCCNC(=O)c1cc(NCc2ccc(OC)c(OC)c2)nc(C)n1. The van der Waals surface area contributed by atoms with E-state index in [0.717, 1.165) is 24.8 Å². The smallest absolute Gasteiger partial charge is 0.270 e. The fourth-order valence-electron chi connectivity index (χ4n) is 2.63. The van der Waals surface area contributed by atoms with Crippen molar-refractivity contribution < 1.29 is 14.3 Å². The number of carbonyl (C=O) groups excluding carboxylic acids is 1. The van der Waals surface area contributed by atoms with E-state index < -0.39 is 0 Å². The summed E-state index contributed by atoms with van der Waals surface area (Å²) in [5, 5.41) is 6.14. The number of nitrogens with one attached hydrogen (secondary N) is 2. The maximum absolute atomic E-state index is 12.3. The number of rotatable bonds is 10. The molecule has 1 aromatic heterocycles. The first-order valence-corrected chi connectivity index (χ1v) is 9.16. The van der Waals surface area contributed by atoms with Gasteiger partial charge < -0.3 is 20.1 Å². The van der Waals surface area contributed by atoms with Crippen LogP contribution < -0.4 is 20.1 Å². The van der Waals surface area contributed by atoms with Gasteiger partial charge >= 0.3 is 0 Å². The predicted molar refractivity (Wildman–Crippen MR) is 105 cm³/mol. The Morgan fingerprint density at radius 1 is 1.07 bits per heavy atom. The van der Waals surface area contributed by atoms with Gasteiger partial charge in [0.15, 0.2) is 11.5 Å². The maximum atomic E-state index is 12.3. The summed E-state index contributed by atoms with van der Waals surface area (Å²) in [5.41, 5.74) is 1.38. The molecule has 27 heavy (non-hydrogen) atoms. The number of carbonyl (C=O) groups is 1. The summed E-state index contributed by atoms with van der Waals surface area (Å²) in [6.07, 6.45) is 3.19. The second-order valence-corrected chi connectivity index (χ2v) is 6.19. The first kappa shape index (κ1) is 20.5. The molecule has 0 aliphatic heterocycles. The minimum absolute atomic E-state index is 0.175. The molecule has 0 fully saturated rings. The lowest BCUT2D eigenvalue weighted by Crippen LogP contribution is -2.26. The average molecular weight is 372 g/mol. The number of hydrogen-bond acceptors (Lipinski definition) is 6. The molecule has 7 nitrogen and oxygen atoms in total. The van der Waals surface area contributed by atoms with Gasteiger partial charge in [0.2, 0.25) is 0 Å². The minimum Gasteiger partial charge on any atom is -0.493 e. The van der Waals surface area contributed by atoms with Crippen LogP contribution >= 0.6 is 0 Å². The molecule has 2 rings (SSSR count). The molecule has 0 saturated heterocycles. The largest absolute Gasteiger partial charge is 0.493 e. The van der Waals surface area contributed by atoms with Crippen LogP contribution in [0.1, 0.15) is 48.1 Å². The van der Waals surface area contributed by atoms with E-state index in [4.69, 9.17) is 9.47 Å². The van der Waals surface area contributed by atoms with Crippen molar-refractivity contribution in [3.8, 4) is 11.5 Å². The Bertz CT molecular complexity index is 765. The average Bonchev–Trinajstić information content (AvgIpc) is 2.68. The highest BCUT2D eigenvalue weighted by Crippen LogP contribution is 2.27. The third-order valence-electron chi connectivity index (χ3n) is 4.06. The molecule has 0 spiro atoms. The van der Waals surface area contributed by atoms with Crippen LogP contribution in [0.4, 0.5) is 5.82 Å². The fraction of sp³-hybridized carbons (Fsp3) is 0.450.